The van der Waals surface area contributed by atoms with Crippen LogP contribution >= 0.6 is 0 Å². The zero-order valence-corrected chi connectivity index (χ0v) is 11.3. The zero-order chi connectivity index (χ0) is 13.8. The van der Waals surface area contributed by atoms with Crippen LogP contribution in [0.4, 0.5) is 0 Å². The molecule has 2 aromatic rings. The number of aromatic nitrogens is 3. The van der Waals surface area contributed by atoms with Crippen LogP contribution in [0.3, 0.4) is 0 Å². The molecular formula is C14H16N4O. The molecule has 0 bridgehead atoms. The predicted octanol–water partition coefficient (Wildman–Crippen LogP) is 2.41. The molecule has 0 N–H and O–H groups in total. The Bertz CT molecular complexity index is 625. The summed E-state index contributed by atoms with van der Waals surface area (Å²) in [7, 11) is 1.62. The lowest BCUT2D eigenvalue weighted by Gasteiger charge is -2.11. The maximum atomic E-state index is 9.09. The van der Waals surface area contributed by atoms with Gasteiger partial charge in [-0.05, 0) is 31.0 Å². The highest BCUT2D eigenvalue weighted by Gasteiger charge is 2.16. The molecule has 0 fully saturated rings. The summed E-state index contributed by atoms with van der Waals surface area (Å²) in [6.07, 6.45) is 1.68. The van der Waals surface area contributed by atoms with Gasteiger partial charge in [-0.2, -0.15) is 5.26 Å². The third-order valence-corrected chi connectivity index (χ3v) is 2.92. The van der Waals surface area contributed by atoms with Crippen molar-refractivity contribution in [2.24, 2.45) is 0 Å². The molecule has 1 aromatic heterocycles. The molecule has 5 nitrogen and oxygen atoms in total. The van der Waals surface area contributed by atoms with Crippen molar-refractivity contribution in [1.29, 1.82) is 5.26 Å². The van der Waals surface area contributed by atoms with E-state index in [-0.39, 0.29) is 0 Å². The van der Waals surface area contributed by atoms with E-state index in [1.165, 1.54) is 0 Å². The van der Waals surface area contributed by atoms with Gasteiger partial charge < -0.3 is 4.74 Å². The van der Waals surface area contributed by atoms with Crippen LogP contribution in [0.2, 0.25) is 0 Å². The molecule has 0 aliphatic rings. The minimum absolute atomic E-state index is 0.380. The Morgan fingerprint density at radius 3 is 2.84 bits per heavy atom. The predicted molar refractivity (Wildman–Crippen MR) is 71.4 cm³/mol. The van der Waals surface area contributed by atoms with Crippen LogP contribution in [0.1, 0.15) is 30.3 Å². The molecule has 2 rings (SSSR count). The van der Waals surface area contributed by atoms with Gasteiger partial charge in [0.15, 0.2) is 5.69 Å². The second-order valence-electron chi connectivity index (χ2n) is 4.33. The number of aryl methyl sites for hydroxylation is 1. The Balaban J connectivity index is 2.62. The van der Waals surface area contributed by atoms with Gasteiger partial charge in [0.2, 0.25) is 0 Å². The van der Waals surface area contributed by atoms with E-state index in [1.807, 2.05) is 25.1 Å². The van der Waals surface area contributed by atoms with E-state index in [9.17, 15) is 0 Å². The first kappa shape index (κ1) is 13.1. The van der Waals surface area contributed by atoms with Crippen molar-refractivity contribution in [3.8, 4) is 17.5 Å². The van der Waals surface area contributed by atoms with Crippen molar-refractivity contribution < 1.29 is 4.74 Å². The normalized spacial score (nSPS) is 10.2. The molecular weight excluding hydrogens is 240 g/mol. The summed E-state index contributed by atoms with van der Waals surface area (Å²) in [6.45, 7) is 4.07. The van der Waals surface area contributed by atoms with Crippen LogP contribution in [0, 0.1) is 18.3 Å². The second-order valence-corrected chi connectivity index (χ2v) is 4.33. The van der Waals surface area contributed by atoms with E-state index in [1.54, 1.807) is 11.8 Å². The quantitative estimate of drug-likeness (QED) is 0.842. The van der Waals surface area contributed by atoms with Crippen molar-refractivity contribution in [2.45, 2.75) is 26.7 Å². The molecule has 0 atom stereocenters. The smallest absolute Gasteiger partial charge is 0.186 e. The standard InChI is InChI=1S/C14H16N4O/c1-4-5-12-11(9-15)16-17-18(12)13-8-10(2)6-7-14(13)19-3/h6-8H,4-5H2,1-3H3. The molecule has 5 heteroatoms. The molecule has 98 valence electrons. The largest absolute Gasteiger partial charge is 0.494 e. The maximum Gasteiger partial charge on any atom is 0.186 e. The summed E-state index contributed by atoms with van der Waals surface area (Å²) in [5, 5.41) is 17.1. The number of nitrogens with zero attached hydrogens (tertiary/aromatic N) is 4. The number of rotatable bonds is 4. The summed E-state index contributed by atoms with van der Waals surface area (Å²) >= 11 is 0. The SMILES string of the molecule is CCCc1c(C#N)nnn1-c1cc(C)ccc1OC. The van der Waals surface area contributed by atoms with Gasteiger partial charge in [0.1, 0.15) is 17.5 Å². The van der Waals surface area contributed by atoms with Gasteiger partial charge in [0, 0.05) is 0 Å². The van der Waals surface area contributed by atoms with Crippen LogP contribution in [-0.2, 0) is 6.42 Å². The maximum absolute atomic E-state index is 9.09. The Hall–Kier alpha value is -2.35. The molecule has 1 heterocycles. The van der Waals surface area contributed by atoms with Gasteiger partial charge in [-0.3, -0.25) is 0 Å². The van der Waals surface area contributed by atoms with Crippen LogP contribution in [0.5, 0.6) is 5.75 Å². The van der Waals surface area contributed by atoms with E-state index in [0.29, 0.717) is 5.69 Å². The van der Waals surface area contributed by atoms with Crippen LogP contribution < -0.4 is 4.74 Å². The lowest BCUT2D eigenvalue weighted by Crippen LogP contribution is -2.05. The summed E-state index contributed by atoms with van der Waals surface area (Å²) in [4.78, 5) is 0. The van der Waals surface area contributed by atoms with Gasteiger partial charge in [-0.1, -0.05) is 24.6 Å². The van der Waals surface area contributed by atoms with E-state index < -0.39 is 0 Å². The monoisotopic (exact) mass is 256 g/mol. The fourth-order valence-corrected chi connectivity index (χ4v) is 2.01. The van der Waals surface area contributed by atoms with Crippen LogP contribution in [0.25, 0.3) is 5.69 Å². The number of hydrogen-bond donors (Lipinski definition) is 0. The molecule has 1 aromatic carbocycles. The lowest BCUT2D eigenvalue weighted by molar-refractivity contribution is 0.411. The summed E-state index contributed by atoms with van der Waals surface area (Å²) in [5.41, 5.74) is 3.13. The van der Waals surface area contributed by atoms with Gasteiger partial charge in [0.25, 0.3) is 0 Å². The molecule has 0 saturated heterocycles. The third-order valence-electron chi connectivity index (χ3n) is 2.92. The minimum Gasteiger partial charge on any atom is -0.494 e. The number of hydrogen-bond acceptors (Lipinski definition) is 4. The number of methoxy groups -OCH3 is 1. The van der Waals surface area contributed by atoms with Crippen molar-refractivity contribution in [3.63, 3.8) is 0 Å². The first-order valence-electron chi connectivity index (χ1n) is 6.21. The Morgan fingerprint density at radius 2 is 2.21 bits per heavy atom. The lowest BCUT2D eigenvalue weighted by atomic mass is 10.1. The average Bonchev–Trinajstić information content (AvgIpc) is 2.82. The first-order chi connectivity index (χ1) is 9.21. The summed E-state index contributed by atoms with van der Waals surface area (Å²) in [5.74, 6) is 0.720. The molecule has 0 spiro atoms. The number of benzene rings is 1. The average molecular weight is 256 g/mol. The number of ether oxygens (including phenoxy) is 1. The van der Waals surface area contributed by atoms with E-state index in [0.717, 1.165) is 35.5 Å². The Kier molecular flexibility index (Phi) is 3.81. The third kappa shape index (κ3) is 2.43. The molecule has 19 heavy (non-hydrogen) atoms. The van der Waals surface area contributed by atoms with Crippen LogP contribution in [0.15, 0.2) is 18.2 Å². The molecule has 0 saturated carbocycles. The fraction of sp³-hybridized carbons (Fsp3) is 0.357. The molecule has 0 unspecified atom stereocenters. The van der Waals surface area contributed by atoms with Crippen molar-refractivity contribution in [3.05, 3.63) is 35.2 Å². The van der Waals surface area contributed by atoms with Gasteiger partial charge >= 0.3 is 0 Å². The molecule has 0 aliphatic heterocycles. The van der Waals surface area contributed by atoms with Crippen molar-refractivity contribution in [2.75, 3.05) is 7.11 Å². The fourth-order valence-electron chi connectivity index (χ4n) is 2.01. The molecule has 0 aliphatic carbocycles. The Morgan fingerprint density at radius 1 is 1.42 bits per heavy atom. The van der Waals surface area contributed by atoms with E-state index in [2.05, 4.69) is 23.3 Å². The summed E-state index contributed by atoms with van der Waals surface area (Å²) < 4.78 is 7.06. The molecule has 0 amide bonds. The van der Waals surface area contributed by atoms with Crippen molar-refractivity contribution >= 4 is 0 Å². The molecule has 0 radical (unpaired) electrons. The van der Waals surface area contributed by atoms with Gasteiger partial charge in [-0.25, -0.2) is 4.68 Å². The topological polar surface area (TPSA) is 63.7 Å². The van der Waals surface area contributed by atoms with E-state index in [4.69, 9.17) is 10.00 Å². The highest BCUT2D eigenvalue weighted by Crippen LogP contribution is 2.25. The summed E-state index contributed by atoms with van der Waals surface area (Å²) in [6, 6.07) is 7.94. The first-order valence-corrected chi connectivity index (χ1v) is 6.21. The highest BCUT2D eigenvalue weighted by atomic mass is 16.5. The Labute approximate surface area is 112 Å². The van der Waals surface area contributed by atoms with Gasteiger partial charge in [-0.15, -0.1) is 5.10 Å². The zero-order valence-electron chi connectivity index (χ0n) is 11.3. The minimum atomic E-state index is 0.380. The van der Waals surface area contributed by atoms with Crippen LogP contribution in [-0.4, -0.2) is 22.1 Å². The highest BCUT2D eigenvalue weighted by molar-refractivity contribution is 5.50. The second kappa shape index (κ2) is 5.53. The van der Waals surface area contributed by atoms with E-state index >= 15 is 0 Å². The van der Waals surface area contributed by atoms with Crippen molar-refractivity contribution in [1.82, 2.24) is 15.0 Å². The number of nitriles is 1. The van der Waals surface area contributed by atoms with Gasteiger partial charge in [0.05, 0.1) is 12.8 Å².